The number of aromatic hydroxyl groups is 1. The molecule has 1 aromatic heterocycles. The van der Waals surface area contributed by atoms with Crippen LogP contribution in [0.3, 0.4) is 0 Å². The van der Waals surface area contributed by atoms with Gasteiger partial charge in [0.2, 0.25) is 0 Å². The van der Waals surface area contributed by atoms with Crippen molar-refractivity contribution < 1.29 is 62.0 Å². The third-order valence-corrected chi connectivity index (χ3v) is 0.663. The smallest absolute Gasteiger partial charge is 0.118 e. The fourth-order valence-electron chi connectivity index (χ4n) is 0.344. The van der Waals surface area contributed by atoms with Crippen LogP contribution in [-0.4, -0.2) is 15.6 Å². The summed E-state index contributed by atoms with van der Waals surface area (Å²) in [6.45, 7) is 0. The molecule has 5 heteroatoms. The van der Waals surface area contributed by atoms with E-state index in [-0.39, 0.29) is 5.75 Å². The predicted octanol–water partition coefficient (Wildman–Crippen LogP) is 1.00. The van der Waals surface area contributed by atoms with E-state index in [1.54, 1.807) is 0 Å². The first kappa shape index (κ1) is 11.0. The van der Waals surface area contributed by atoms with Gasteiger partial charge in [0, 0.05) is 12.4 Å². The van der Waals surface area contributed by atoms with E-state index in [4.69, 9.17) is 15.0 Å². The molecule has 0 unspecified atom stereocenters. The van der Waals surface area contributed by atoms with Gasteiger partial charge in [0.15, 0.2) is 0 Å². The molecule has 11 heavy (non-hydrogen) atoms. The minimum atomic E-state index is -0.778. The Hall–Kier alpha value is 0.00442. The van der Waals surface area contributed by atoms with Crippen LogP contribution in [0.1, 0.15) is 0 Å². The molecule has 0 bridgehead atoms. The van der Waals surface area contributed by atoms with E-state index in [0.717, 1.165) is 47.0 Å². The fraction of sp³-hybridized carbons (Fsp3) is 0. The largest absolute Gasteiger partial charge is 0.508 e. The summed E-state index contributed by atoms with van der Waals surface area (Å²) in [5.74, 6) is 0.259. The first-order valence-corrected chi connectivity index (χ1v) is 3.81. The van der Waals surface area contributed by atoms with Gasteiger partial charge in [-0.05, 0) is 12.1 Å². The Labute approximate surface area is 96.3 Å². The minimum absolute atomic E-state index is 0.259. The second kappa shape index (κ2) is 6.70. The van der Waals surface area contributed by atoms with Crippen LogP contribution in [0.15, 0.2) is 24.5 Å². The Kier molecular flexibility index (Phi) is 6.70. The zero-order chi connectivity index (χ0) is 8.69. The number of carboxylic acid groups (broad SMARTS) is 1. The summed E-state index contributed by atoms with van der Waals surface area (Å²) in [5, 5.41) is 16.0. The second-order valence-electron chi connectivity index (χ2n) is 1.46. The third kappa shape index (κ3) is 10.0. The van der Waals surface area contributed by atoms with Crippen molar-refractivity contribution >= 4 is 0.363 Å². The molecule has 0 saturated carbocycles. The van der Waals surface area contributed by atoms with Crippen molar-refractivity contribution in [2.75, 3.05) is 0 Å². The Balaban J connectivity index is 0.000000218. The SMILES string of the molecule is O=[C](O)[Eu].Oc1ccncc1. The molecule has 0 spiro atoms. The van der Waals surface area contributed by atoms with Crippen molar-refractivity contribution in [2.24, 2.45) is 0 Å². The molecule has 0 radical (unpaired) electrons. The second-order valence-corrected chi connectivity index (χ2v) is 2.50. The van der Waals surface area contributed by atoms with Crippen molar-refractivity contribution in [1.29, 1.82) is 0 Å². The molecule has 0 atom stereocenters. The Morgan fingerprint density at radius 2 is 1.82 bits per heavy atom. The number of hydrogen-bond donors (Lipinski definition) is 2. The van der Waals surface area contributed by atoms with Crippen LogP contribution in [0.25, 0.3) is 0 Å². The molecule has 2 N–H and O–H groups in total. The molecule has 0 saturated heterocycles. The number of rotatable bonds is 0. The molecule has 4 nitrogen and oxygen atoms in total. The zero-order valence-electron chi connectivity index (χ0n) is 5.44. The van der Waals surface area contributed by atoms with Gasteiger partial charge in [-0.25, -0.2) is 0 Å². The van der Waals surface area contributed by atoms with E-state index in [1.807, 2.05) is 0 Å². The Morgan fingerprint density at radius 3 is 2.00 bits per heavy atom. The van der Waals surface area contributed by atoms with Gasteiger partial charge >= 0.3 is 57.3 Å². The molecule has 0 amide bonds. The maximum absolute atomic E-state index is 9.02. The number of pyridine rings is 1. The van der Waals surface area contributed by atoms with Gasteiger partial charge < -0.3 is 5.11 Å². The Morgan fingerprint density at radius 1 is 1.45 bits per heavy atom. The average Bonchev–Trinajstić information content (AvgIpc) is 1.87. The van der Waals surface area contributed by atoms with Crippen LogP contribution >= 0.6 is 0 Å². The average molecular weight is 292 g/mol. The zero-order valence-corrected chi connectivity index (χ0v) is 7.86. The molecule has 60 valence electrons. The van der Waals surface area contributed by atoms with E-state index >= 15 is 0 Å². The first-order valence-electron chi connectivity index (χ1n) is 2.60. The van der Waals surface area contributed by atoms with E-state index in [1.165, 1.54) is 24.5 Å². The number of aromatic nitrogens is 1. The summed E-state index contributed by atoms with van der Waals surface area (Å²) >= 11 is 0.756. The normalized spacial score (nSPS) is 7.73. The maximum atomic E-state index is 9.02. The summed E-state index contributed by atoms with van der Waals surface area (Å²) in [6, 6.07) is 3.06. The number of carbonyl (C=O) groups is 1. The van der Waals surface area contributed by atoms with Crippen LogP contribution in [0.5, 0.6) is 5.75 Å². The summed E-state index contributed by atoms with van der Waals surface area (Å²) in [7, 11) is 0. The molecule has 0 aliphatic rings. The van der Waals surface area contributed by atoms with Crippen LogP contribution in [-0.2, 0) is 0 Å². The number of nitrogens with zero attached hydrogens (tertiary/aromatic N) is 1. The summed E-state index contributed by atoms with van der Waals surface area (Å²) in [6.07, 6.45) is 3.07. The van der Waals surface area contributed by atoms with Crippen molar-refractivity contribution in [1.82, 2.24) is 4.98 Å². The van der Waals surface area contributed by atoms with E-state index in [2.05, 4.69) is 4.98 Å². The molecular weight excluding hydrogens is 286 g/mol. The van der Waals surface area contributed by atoms with Crippen molar-refractivity contribution in [3.63, 3.8) is 0 Å². The topological polar surface area (TPSA) is 70.4 Å². The third-order valence-electron chi connectivity index (χ3n) is 0.663. The summed E-state index contributed by atoms with van der Waals surface area (Å²) in [4.78, 5) is 12.7. The van der Waals surface area contributed by atoms with E-state index in [0.29, 0.717) is 0 Å². The van der Waals surface area contributed by atoms with Gasteiger partial charge in [-0.1, -0.05) is 0 Å². The van der Waals surface area contributed by atoms with Gasteiger partial charge in [-0.2, -0.15) is 0 Å². The standard InChI is InChI=1S/C5H5NO.CHO2.Eu/c7-5-1-3-6-4-2-5;2-1-3;/h1-4H,(H,6,7);(H,2,3);. The maximum Gasteiger partial charge on any atom is 0.118 e. The van der Waals surface area contributed by atoms with Crippen LogP contribution in [0, 0.1) is 47.0 Å². The predicted molar refractivity (Wildman–Crippen MR) is 33.9 cm³/mol. The molecule has 1 rings (SSSR count). The molecule has 1 aromatic rings. The minimum Gasteiger partial charge on any atom is -0.508 e. The van der Waals surface area contributed by atoms with Crippen LogP contribution in [0.2, 0.25) is 0 Å². The molecule has 1 heterocycles. The summed E-state index contributed by atoms with van der Waals surface area (Å²) < 4.78 is -0.778. The molecule has 0 aliphatic carbocycles. The molecule has 0 aliphatic heterocycles. The van der Waals surface area contributed by atoms with Gasteiger partial charge in [-0.3, -0.25) is 4.98 Å². The molecular formula is C6H6EuNO3. The van der Waals surface area contributed by atoms with Gasteiger partial charge in [-0.15, -0.1) is 0 Å². The van der Waals surface area contributed by atoms with E-state index < -0.39 is 0.363 Å². The van der Waals surface area contributed by atoms with Gasteiger partial charge in [0.1, 0.15) is 5.75 Å². The van der Waals surface area contributed by atoms with Crippen molar-refractivity contribution in [2.45, 2.75) is 0 Å². The monoisotopic (exact) mass is 293 g/mol. The first-order chi connectivity index (χ1) is 5.13. The van der Waals surface area contributed by atoms with Gasteiger partial charge in [0.25, 0.3) is 0 Å². The van der Waals surface area contributed by atoms with E-state index in [9.17, 15) is 0 Å². The van der Waals surface area contributed by atoms with Crippen molar-refractivity contribution in [3.05, 3.63) is 24.5 Å². The Bertz CT molecular complexity index is 210. The van der Waals surface area contributed by atoms with Gasteiger partial charge in [0.05, 0.1) is 0 Å². The van der Waals surface area contributed by atoms with Crippen molar-refractivity contribution in [3.8, 4) is 5.75 Å². The van der Waals surface area contributed by atoms with Crippen LogP contribution < -0.4 is 0 Å². The quantitative estimate of drug-likeness (QED) is 0.748. The van der Waals surface area contributed by atoms with Crippen LogP contribution in [0.4, 0.5) is 4.79 Å². The molecule has 0 aromatic carbocycles. The summed E-state index contributed by atoms with van der Waals surface area (Å²) in [5.41, 5.74) is 0. The number of hydrogen-bond acceptors (Lipinski definition) is 3. The molecule has 0 fully saturated rings. The fourth-order valence-corrected chi connectivity index (χ4v) is 0.344.